The van der Waals surface area contributed by atoms with Gasteiger partial charge in [0.15, 0.2) is 0 Å². The molecule has 1 aromatic heterocycles. The zero-order valence-electron chi connectivity index (χ0n) is 16.1. The molecule has 1 aromatic carbocycles. The van der Waals surface area contributed by atoms with Gasteiger partial charge < -0.3 is 10.6 Å². The van der Waals surface area contributed by atoms with E-state index < -0.39 is 0 Å². The molecule has 2 aromatic rings. The molecule has 0 saturated heterocycles. The van der Waals surface area contributed by atoms with Crippen molar-refractivity contribution in [2.45, 2.75) is 52.4 Å². The Labute approximate surface area is 161 Å². The summed E-state index contributed by atoms with van der Waals surface area (Å²) in [5.74, 6) is 0.540. The summed E-state index contributed by atoms with van der Waals surface area (Å²) in [7, 11) is 0. The lowest BCUT2D eigenvalue weighted by atomic mass is 9.92. The van der Waals surface area contributed by atoms with Crippen LogP contribution in [-0.4, -0.2) is 28.8 Å². The van der Waals surface area contributed by atoms with Gasteiger partial charge in [-0.2, -0.15) is 5.10 Å². The summed E-state index contributed by atoms with van der Waals surface area (Å²) in [6.07, 6.45) is 3.42. The van der Waals surface area contributed by atoms with E-state index in [2.05, 4.69) is 43.4 Å². The lowest BCUT2D eigenvalue weighted by molar-refractivity contribution is -0.115. The minimum Gasteiger partial charge on any atom is -0.309 e. The number of rotatable bonds is 8. The number of hydrogen-bond acceptors (Lipinski definition) is 3. The molecule has 0 aliphatic heterocycles. The SMILES string of the molecule is CCCCCNCC(=O)Nc1cc(C(C)(C)C)nn1-c1ccccc1Cl. The predicted octanol–water partition coefficient (Wildman–Crippen LogP) is 4.54. The van der Waals surface area contributed by atoms with E-state index in [0.29, 0.717) is 10.8 Å². The average Bonchev–Trinajstić information content (AvgIpc) is 2.99. The first-order valence-corrected chi connectivity index (χ1v) is 9.56. The highest BCUT2D eigenvalue weighted by molar-refractivity contribution is 6.32. The van der Waals surface area contributed by atoms with Gasteiger partial charge in [-0.25, -0.2) is 4.68 Å². The van der Waals surface area contributed by atoms with Crippen LogP contribution >= 0.6 is 11.6 Å². The molecule has 0 atom stereocenters. The van der Waals surface area contributed by atoms with Crippen LogP contribution in [0.5, 0.6) is 0 Å². The number of anilines is 1. The summed E-state index contributed by atoms with van der Waals surface area (Å²) in [5, 5.41) is 11.4. The van der Waals surface area contributed by atoms with E-state index in [1.807, 2.05) is 30.3 Å². The summed E-state index contributed by atoms with van der Waals surface area (Å²) in [4.78, 5) is 12.3. The number of aromatic nitrogens is 2. The lowest BCUT2D eigenvalue weighted by Gasteiger charge is -2.14. The lowest BCUT2D eigenvalue weighted by Crippen LogP contribution is -2.29. The first-order chi connectivity index (χ1) is 12.3. The molecule has 26 heavy (non-hydrogen) atoms. The molecule has 142 valence electrons. The van der Waals surface area contributed by atoms with Crippen molar-refractivity contribution in [2.24, 2.45) is 0 Å². The Bertz CT molecular complexity index is 734. The van der Waals surface area contributed by atoms with Crippen LogP contribution in [0.3, 0.4) is 0 Å². The van der Waals surface area contributed by atoms with Crippen LogP contribution in [0, 0.1) is 0 Å². The third-order valence-corrected chi connectivity index (χ3v) is 4.39. The summed E-state index contributed by atoms with van der Waals surface area (Å²) in [6.45, 7) is 9.56. The fourth-order valence-electron chi connectivity index (χ4n) is 2.53. The van der Waals surface area contributed by atoms with Gasteiger partial charge in [0.1, 0.15) is 5.82 Å². The Kier molecular flexibility index (Phi) is 7.23. The Hall–Kier alpha value is -1.85. The molecular formula is C20H29ClN4O. The van der Waals surface area contributed by atoms with E-state index in [1.54, 1.807) is 4.68 Å². The number of carbonyl (C=O) groups excluding carboxylic acids is 1. The molecule has 1 amide bonds. The molecule has 0 unspecified atom stereocenters. The third-order valence-electron chi connectivity index (χ3n) is 4.07. The van der Waals surface area contributed by atoms with Crippen LogP contribution in [0.25, 0.3) is 5.69 Å². The van der Waals surface area contributed by atoms with Crippen LogP contribution in [-0.2, 0) is 10.2 Å². The van der Waals surface area contributed by atoms with Gasteiger partial charge in [-0.1, -0.05) is 64.3 Å². The summed E-state index contributed by atoms with van der Waals surface area (Å²) >= 11 is 6.34. The minimum absolute atomic E-state index is 0.0878. The van der Waals surface area contributed by atoms with Crippen molar-refractivity contribution in [3.8, 4) is 5.69 Å². The smallest absolute Gasteiger partial charge is 0.239 e. The molecular weight excluding hydrogens is 348 g/mol. The van der Waals surface area contributed by atoms with Gasteiger partial charge in [0, 0.05) is 11.5 Å². The molecule has 0 radical (unpaired) electrons. The van der Waals surface area contributed by atoms with Gasteiger partial charge in [-0.05, 0) is 25.1 Å². The predicted molar refractivity (Wildman–Crippen MR) is 108 cm³/mol. The molecule has 0 fully saturated rings. The molecule has 5 nitrogen and oxygen atoms in total. The van der Waals surface area contributed by atoms with Crippen molar-refractivity contribution in [2.75, 3.05) is 18.4 Å². The first kappa shape index (κ1) is 20.5. The van der Waals surface area contributed by atoms with E-state index in [9.17, 15) is 4.79 Å². The van der Waals surface area contributed by atoms with Gasteiger partial charge in [0.2, 0.25) is 5.91 Å². The molecule has 2 rings (SSSR count). The molecule has 6 heteroatoms. The summed E-state index contributed by atoms with van der Waals surface area (Å²) in [5.41, 5.74) is 1.50. The maximum absolute atomic E-state index is 12.3. The Morgan fingerprint density at radius 1 is 1.23 bits per heavy atom. The van der Waals surface area contributed by atoms with Crippen molar-refractivity contribution in [1.82, 2.24) is 15.1 Å². The van der Waals surface area contributed by atoms with E-state index in [1.165, 1.54) is 12.8 Å². The monoisotopic (exact) mass is 376 g/mol. The van der Waals surface area contributed by atoms with Crippen LogP contribution < -0.4 is 10.6 Å². The highest BCUT2D eigenvalue weighted by Gasteiger charge is 2.22. The van der Waals surface area contributed by atoms with Crippen molar-refractivity contribution in [1.29, 1.82) is 0 Å². The number of nitrogens with zero attached hydrogens (tertiary/aromatic N) is 2. The topological polar surface area (TPSA) is 59.0 Å². The second-order valence-corrected chi connectivity index (χ2v) is 7.87. The number of benzene rings is 1. The average molecular weight is 377 g/mol. The largest absolute Gasteiger partial charge is 0.309 e. The molecule has 0 spiro atoms. The van der Waals surface area contributed by atoms with E-state index in [-0.39, 0.29) is 17.9 Å². The standard InChI is InChI=1S/C20H29ClN4O/c1-5-6-9-12-22-14-19(26)23-18-13-17(20(2,3)4)24-25(18)16-11-8-7-10-15(16)21/h7-8,10-11,13,22H,5-6,9,12,14H2,1-4H3,(H,23,26). The number of amides is 1. The maximum atomic E-state index is 12.3. The van der Waals surface area contributed by atoms with Gasteiger partial charge >= 0.3 is 0 Å². The minimum atomic E-state index is -0.135. The number of para-hydroxylation sites is 1. The number of halogens is 1. The van der Waals surface area contributed by atoms with Crippen LogP contribution in [0.1, 0.15) is 52.7 Å². The van der Waals surface area contributed by atoms with Crippen LogP contribution in [0.2, 0.25) is 5.02 Å². The molecule has 0 aliphatic carbocycles. The Balaban J connectivity index is 2.17. The fourth-order valence-corrected chi connectivity index (χ4v) is 2.75. The quantitative estimate of drug-likeness (QED) is 0.665. The van der Waals surface area contributed by atoms with Gasteiger partial charge in [-0.3, -0.25) is 4.79 Å². The fraction of sp³-hybridized carbons (Fsp3) is 0.500. The zero-order valence-corrected chi connectivity index (χ0v) is 16.9. The van der Waals surface area contributed by atoms with Crippen molar-refractivity contribution in [3.63, 3.8) is 0 Å². The van der Waals surface area contributed by atoms with Crippen LogP contribution in [0.4, 0.5) is 5.82 Å². The second kappa shape index (κ2) is 9.19. The van der Waals surface area contributed by atoms with Gasteiger partial charge in [0.05, 0.1) is 22.9 Å². The number of nitrogens with one attached hydrogen (secondary N) is 2. The summed E-state index contributed by atoms with van der Waals surface area (Å²) in [6, 6.07) is 9.40. The third kappa shape index (κ3) is 5.58. The highest BCUT2D eigenvalue weighted by atomic mass is 35.5. The molecule has 0 bridgehead atoms. The molecule has 2 N–H and O–H groups in total. The number of carbonyl (C=O) groups is 1. The van der Waals surface area contributed by atoms with E-state index in [0.717, 1.165) is 24.3 Å². The number of hydrogen-bond donors (Lipinski definition) is 2. The number of unbranched alkanes of at least 4 members (excludes halogenated alkanes) is 2. The van der Waals surface area contributed by atoms with E-state index in [4.69, 9.17) is 11.6 Å². The van der Waals surface area contributed by atoms with Gasteiger partial charge in [-0.15, -0.1) is 0 Å². The Morgan fingerprint density at radius 3 is 2.62 bits per heavy atom. The van der Waals surface area contributed by atoms with E-state index >= 15 is 0 Å². The summed E-state index contributed by atoms with van der Waals surface area (Å²) < 4.78 is 1.71. The zero-order chi connectivity index (χ0) is 19.2. The van der Waals surface area contributed by atoms with Gasteiger partial charge in [0.25, 0.3) is 0 Å². The van der Waals surface area contributed by atoms with Crippen molar-refractivity contribution in [3.05, 3.63) is 41.0 Å². The Morgan fingerprint density at radius 2 is 1.96 bits per heavy atom. The molecule has 1 heterocycles. The normalized spacial score (nSPS) is 11.6. The molecule has 0 aliphatic rings. The maximum Gasteiger partial charge on any atom is 0.239 e. The molecule has 0 saturated carbocycles. The van der Waals surface area contributed by atoms with Crippen molar-refractivity contribution < 1.29 is 4.79 Å². The first-order valence-electron chi connectivity index (χ1n) is 9.19. The van der Waals surface area contributed by atoms with Crippen LogP contribution in [0.15, 0.2) is 30.3 Å². The highest BCUT2D eigenvalue weighted by Crippen LogP contribution is 2.28. The van der Waals surface area contributed by atoms with Crippen molar-refractivity contribution >= 4 is 23.3 Å². The second-order valence-electron chi connectivity index (χ2n) is 7.46.